The first-order valence-electron chi connectivity index (χ1n) is 20.8. The summed E-state index contributed by atoms with van der Waals surface area (Å²) < 4.78 is 10.8. The molecule has 4 aliphatic rings. The van der Waals surface area contributed by atoms with Gasteiger partial charge in [0.15, 0.2) is 0 Å². The van der Waals surface area contributed by atoms with Crippen molar-refractivity contribution in [3.05, 3.63) is 70.6 Å². The number of nitrogens with two attached hydrogens (primary N) is 1. The Morgan fingerprint density at radius 1 is 0.968 bits per heavy atom. The molecule has 1 aliphatic carbocycles. The zero-order chi connectivity index (χ0) is 44.2. The van der Waals surface area contributed by atoms with Crippen molar-refractivity contribution in [3.8, 4) is 0 Å². The van der Waals surface area contributed by atoms with Crippen LogP contribution in [0.5, 0.6) is 0 Å². The molecule has 0 unspecified atom stereocenters. The van der Waals surface area contributed by atoms with Crippen LogP contribution in [0.25, 0.3) is 6.08 Å². The smallest absolute Gasteiger partial charge is 0.254 e. The number of amides is 7. The molecule has 3 aliphatic heterocycles. The number of rotatable bonds is 21. The molecule has 0 atom stereocenters. The van der Waals surface area contributed by atoms with Crippen LogP contribution in [-0.2, 0) is 61.4 Å². The Bertz CT molecular complexity index is 2140. The fraction of sp³-hybridized carbons (Fsp3) is 0.465. The van der Waals surface area contributed by atoms with Crippen LogP contribution in [0, 0.1) is 0 Å². The Kier molecular flexibility index (Phi) is 15.3. The molecule has 2 aromatic rings. The van der Waals surface area contributed by atoms with Gasteiger partial charge in [-0.05, 0) is 48.6 Å². The molecule has 0 saturated heterocycles. The van der Waals surface area contributed by atoms with E-state index in [1.807, 2.05) is 31.2 Å². The summed E-state index contributed by atoms with van der Waals surface area (Å²) in [7, 11) is 0. The predicted octanol–water partition coefficient (Wildman–Crippen LogP) is 0.224. The molecule has 6 N–H and O–H groups in total. The minimum absolute atomic E-state index is 0.0409. The van der Waals surface area contributed by atoms with Gasteiger partial charge in [0.1, 0.15) is 12.4 Å². The molecule has 330 valence electrons. The van der Waals surface area contributed by atoms with E-state index in [9.17, 15) is 38.7 Å². The van der Waals surface area contributed by atoms with Crippen molar-refractivity contribution >= 4 is 64.6 Å². The lowest BCUT2D eigenvalue weighted by atomic mass is 9.92. The number of aromatic nitrogens is 1. The van der Waals surface area contributed by atoms with E-state index in [1.165, 1.54) is 0 Å². The summed E-state index contributed by atoms with van der Waals surface area (Å²) in [5.41, 5.74) is 10.2. The van der Waals surface area contributed by atoms with Gasteiger partial charge in [0, 0.05) is 81.0 Å². The molecule has 0 spiro atoms. The molecule has 4 heterocycles. The normalized spacial score (nSPS) is 16.1. The first-order chi connectivity index (χ1) is 29.9. The van der Waals surface area contributed by atoms with Crippen LogP contribution >= 0.6 is 0 Å². The zero-order valence-electron chi connectivity index (χ0n) is 34.8. The number of carbonyl (C=O) groups is 7. The highest BCUT2D eigenvalue weighted by molar-refractivity contribution is 6.14. The molecular weight excluding hydrogens is 803 g/mol. The second-order valence-electron chi connectivity index (χ2n) is 15.4. The van der Waals surface area contributed by atoms with E-state index in [1.54, 1.807) is 22.1 Å². The largest absolute Gasteiger partial charge is 0.395 e. The van der Waals surface area contributed by atoms with E-state index in [-0.39, 0.29) is 108 Å². The van der Waals surface area contributed by atoms with E-state index in [0.29, 0.717) is 54.9 Å². The van der Waals surface area contributed by atoms with Gasteiger partial charge in [-0.3, -0.25) is 43.4 Å². The van der Waals surface area contributed by atoms with Gasteiger partial charge in [-0.2, -0.15) is 0 Å². The van der Waals surface area contributed by atoms with Gasteiger partial charge in [0.05, 0.1) is 62.6 Å². The number of amidine groups is 1. The Morgan fingerprint density at radius 3 is 2.45 bits per heavy atom. The summed E-state index contributed by atoms with van der Waals surface area (Å²) in [6.07, 6.45) is 8.37. The van der Waals surface area contributed by atoms with Crippen LogP contribution in [0.3, 0.4) is 0 Å². The van der Waals surface area contributed by atoms with Crippen LogP contribution < -0.4 is 21.7 Å². The molecule has 0 radical (unpaired) electrons. The third-order valence-electron chi connectivity index (χ3n) is 10.9. The number of nitrogens with one attached hydrogen (secondary N) is 3. The van der Waals surface area contributed by atoms with Gasteiger partial charge in [-0.1, -0.05) is 19.1 Å². The molecule has 62 heavy (non-hydrogen) atoms. The molecule has 1 fully saturated rings. The first-order valence-corrected chi connectivity index (χ1v) is 20.8. The van der Waals surface area contributed by atoms with Crippen LogP contribution in [0.15, 0.2) is 53.2 Å². The number of pyridine rings is 1. The summed E-state index contributed by atoms with van der Waals surface area (Å²) in [6.45, 7) is 3.64. The van der Waals surface area contributed by atoms with Crippen LogP contribution in [-0.4, -0.2) is 144 Å². The summed E-state index contributed by atoms with van der Waals surface area (Å²) in [6, 6.07) is 7.42. The van der Waals surface area contributed by atoms with Gasteiger partial charge < -0.3 is 46.1 Å². The number of imide groups is 1. The fourth-order valence-corrected chi connectivity index (χ4v) is 7.37. The maximum absolute atomic E-state index is 13.8. The lowest BCUT2D eigenvalue weighted by molar-refractivity contribution is -0.141. The highest BCUT2D eigenvalue weighted by atomic mass is 16.5. The van der Waals surface area contributed by atoms with E-state index < -0.39 is 23.1 Å². The maximum Gasteiger partial charge on any atom is 0.254 e. The van der Waals surface area contributed by atoms with Crippen molar-refractivity contribution < 1.29 is 48.1 Å². The van der Waals surface area contributed by atoms with E-state index >= 15 is 0 Å². The van der Waals surface area contributed by atoms with Crippen molar-refractivity contribution in [3.63, 3.8) is 0 Å². The minimum Gasteiger partial charge on any atom is -0.395 e. The first kappa shape index (κ1) is 45.2. The van der Waals surface area contributed by atoms with Gasteiger partial charge in [0.25, 0.3) is 11.8 Å². The SMILES string of the molecule is CCCN(CCO)C(=O)C1=Cc2ccc(C3(C(=O)Nc4cnc5c(c4)CN(C(=O)CNC(=O)CCOCCOCCNC(=O)CN4C(=O)C=CC4=O)CC5)CC3)cc2N=C(N)C1. The number of benzene rings is 1. The third kappa shape index (κ3) is 11.5. The molecule has 0 bridgehead atoms. The van der Waals surface area contributed by atoms with Crippen molar-refractivity contribution in [1.29, 1.82) is 0 Å². The standard InChI is InChI=1S/C43H53N9O10/c1-2-12-50(14-15-53)41(59)29-20-28-3-4-31(23-34(28)49-35(44)22-29)43(9-10-43)42(60)48-32-21-30-26-51(13-7-33(30)46-24-32)40(58)25-47-36(54)8-16-61-18-19-62-17-11-45-37(55)27-52-38(56)5-6-39(52)57/h3-6,20-21,23-24,53H,2,7-19,22,25-27H2,1H3,(H2,44,49)(H,45,55)(H,47,54)(H,48,60). The highest BCUT2D eigenvalue weighted by Crippen LogP contribution is 2.50. The molecule has 1 aromatic carbocycles. The topological polar surface area (TPSA) is 255 Å². The van der Waals surface area contributed by atoms with Crippen LogP contribution in [0.1, 0.15) is 61.4 Å². The minimum atomic E-state index is -0.774. The van der Waals surface area contributed by atoms with Crippen molar-refractivity contribution in [2.24, 2.45) is 10.7 Å². The number of hydrogen-bond acceptors (Lipinski definition) is 13. The number of ether oxygens (including phenoxy) is 2. The summed E-state index contributed by atoms with van der Waals surface area (Å²) >= 11 is 0. The number of hydrogen-bond donors (Lipinski definition) is 5. The van der Waals surface area contributed by atoms with Gasteiger partial charge in [-0.15, -0.1) is 0 Å². The average molecular weight is 856 g/mol. The fourth-order valence-electron chi connectivity index (χ4n) is 7.37. The summed E-state index contributed by atoms with van der Waals surface area (Å²) in [5, 5.41) is 17.7. The average Bonchev–Trinajstić information content (AvgIpc) is 4.04. The van der Waals surface area contributed by atoms with E-state index in [4.69, 9.17) is 15.2 Å². The molecule has 1 aromatic heterocycles. The molecular formula is C43H53N9O10. The van der Waals surface area contributed by atoms with Gasteiger partial charge >= 0.3 is 0 Å². The number of anilines is 1. The lowest BCUT2D eigenvalue weighted by Crippen LogP contribution is -2.43. The molecule has 6 rings (SSSR count). The predicted molar refractivity (Wildman–Crippen MR) is 225 cm³/mol. The molecule has 1 saturated carbocycles. The third-order valence-corrected chi connectivity index (χ3v) is 10.9. The Balaban J connectivity index is 0.915. The van der Waals surface area contributed by atoms with Crippen LogP contribution in [0.2, 0.25) is 0 Å². The second kappa shape index (κ2) is 21.0. The van der Waals surface area contributed by atoms with Gasteiger partial charge in [-0.25, -0.2) is 4.99 Å². The quantitative estimate of drug-likeness (QED) is 0.0836. The highest BCUT2D eigenvalue weighted by Gasteiger charge is 2.51. The number of aliphatic hydroxyl groups is 1. The number of aliphatic hydroxyl groups excluding tert-OH is 1. The summed E-state index contributed by atoms with van der Waals surface area (Å²) in [5.74, 6) is -2.25. The Hall–Kier alpha value is -6.31. The van der Waals surface area contributed by atoms with E-state index in [2.05, 4.69) is 25.9 Å². The lowest BCUT2D eigenvalue weighted by Gasteiger charge is -2.29. The molecule has 7 amide bonds. The summed E-state index contributed by atoms with van der Waals surface area (Å²) in [4.78, 5) is 101. The van der Waals surface area contributed by atoms with Crippen molar-refractivity contribution in [2.45, 2.75) is 57.4 Å². The van der Waals surface area contributed by atoms with Crippen molar-refractivity contribution in [2.75, 3.05) is 77.6 Å². The molecule has 19 nitrogen and oxygen atoms in total. The van der Waals surface area contributed by atoms with Crippen LogP contribution in [0.4, 0.5) is 11.4 Å². The second-order valence-corrected chi connectivity index (χ2v) is 15.4. The zero-order valence-corrected chi connectivity index (χ0v) is 34.8. The maximum atomic E-state index is 13.8. The van der Waals surface area contributed by atoms with E-state index in [0.717, 1.165) is 40.3 Å². The monoisotopic (exact) mass is 855 g/mol. The number of aliphatic imine (C=N–C) groups is 1. The van der Waals surface area contributed by atoms with Crippen molar-refractivity contribution in [1.82, 2.24) is 30.3 Å². The number of carbonyl (C=O) groups excluding carboxylic acids is 7. The number of fused-ring (bicyclic) bond motifs is 2. The molecule has 19 heteroatoms. The van der Waals surface area contributed by atoms with Gasteiger partial charge in [0.2, 0.25) is 29.5 Å². The Morgan fingerprint density at radius 2 is 1.73 bits per heavy atom. The Labute approximate surface area is 358 Å². The number of nitrogens with zero attached hydrogens (tertiary/aromatic N) is 5.